The van der Waals surface area contributed by atoms with Crippen molar-refractivity contribution >= 4 is 5.78 Å². The average Bonchev–Trinajstić information content (AvgIpc) is 2.48. The number of aromatic hydroxyl groups is 1. The van der Waals surface area contributed by atoms with Gasteiger partial charge < -0.3 is 10.2 Å². The number of hydrogen-bond acceptors (Lipinski definition) is 3. The van der Waals surface area contributed by atoms with Crippen LogP contribution in [0.5, 0.6) is 5.75 Å². The molecule has 0 aromatic heterocycles. The molecule has 3 nitrogen and oxygen atoms in total. The number of carbonyl (C=O) groups excluding carboxylic acids is 1. The minimum Gasteiger partial charge on any atom is -0.507 e. The third-order valence-electron chi connectivity index (χ3n) is 3.38. The van der Waals surface area contributed by atoms with Gasteiger partial charge in [-0.15, -0.1) is 0 Å². The first-order valence-electron chi connectivity index (χ1n) is 6.65. The van der Waals surface area contributed by atoms with Gasteiger partial charge in [0.15, 0.2) is 5.78 Å². The van der Waals surface area contributed by atoms with Gasteiger partial charge in [-0.1, -0.05) is 49.4 Å². The van der Waals surface area contributed by atoms with Gasteiger partial charge in [-0.25, -0.2) is 0 Å². The first-order valence-corrected chi connectivity index (χ1v) is 6.65. The molecule has 0 spiro atoms. The number of benzene rings is 2. The van der Waals surface area contributed by atoms with Crippen LogP contribution in [0, 0.1) is 5.92 Å². The second-order valence-corrected chi connectivity index (χ2v) is 4.94. The van der Waals surface area contributed by atoms with E-state index in [0.717, 1.165) is 5.56 Å². The Labute approximate surface area is 118 Å². The zero-order chi connectivity index (χ0) is 14.5. The van der Waals surface area contributed by atoms with Crippen LogP contribution in [0.2, 0.25) is 0 Å². The molecular formula is C17H18O3. The van der Waals surface area contributed by atoms with Gasteiger partial charge in [0.1, 0.15) is 5.75 Å². The summed E-state index contributed by atoms with van der Waals surface area (Å²) < 4.78 is 0. The lowest BCUT2D eigenvalue weighted by Gasteiger charge is -2.16. The highest BCUT2D eigenvalue weighted by molar-refractivity contribution is 5.99. The van der Waals surface area contributed by atoms with Crippen LogP contribution in [-0.2, 0) is 0 Å². The molecule has 0 fully saturated rings. The summed E-state index contributed by atoms with van der Waals surface area (Å²) >= 11 is 0. The zero-order valence-corrected chi connectivity index (χ0v) is 11.4. The fourth-order valence-corrected chi connectivity index (χ4v) is 2.20. The fourth-order valence-electron chi connectivity index (χ4n) is 2.20. The lowest BCUT2D eigenvalue weighted by Crippen LogP contribution is -2.15. The SMILES string of the molecule is CC(CC(O)c1ccccc1)C(=O)c1ccccc1O. The molecule has 20 heavy (non-hydrogen) atoms. The maximum Gasteiger partial charge on any atom is 0.169 e. The Bertz CT molecular complexity index is 578. The maximum atomic E-state index is 12.3. The van der Waals surface area contributed by atoms with Crippen molar-refractivity contribution in [3.63, 3.8) is 0 Å². The Morgan fingerprint density at radius 3 is 2.30 bits per heavy atom. The summed E-state index contributed by atoms with van der Waals surface area (Å²) in [6.07, 6.45) is -0.349. The molecule has 2 aromatic rings. The lowest BCUT2D eigenvalue weighted by molar-refractivity contribution is 0.0849. The predicted molar refractivity (Wildman–Crippen MR) is 77.6 cm³/mol. The van der Waals surface area contributed by atoms with E-state index in [1.54, 1.807) is 25.1 Å². The van der Waals surface area contributed by atoms with E-state index in [9.17, 15) is 15.0 Å². The van der Waals surface area contributed by atoms with Crippen LogP contribution in [0.15, 0.2) is 54.6 Å². The van der Waals surface area contributed by atoms with Gasteiger partial charge >= 0.3 is 0 Å². The first-order chi connectivity index (χ1) is 9.59. The van der Waals surface area contributed by atoms with E-state index < -0.39 is 6.10 Å². The van der Waals surface area contributed by atoms with Crippen molar-refractivity contribution < 1.29 is 15.0 Å². The van der Waals surface area contributed by atoms with E-state index in [1.807, 2.05) is 30.3 Å². The zero-order valence-electron chi connectivity index (χ0n) is 11.4. The van der Waals surface area contributed by atoms with Crippen LogP contribution < -0.4 is 0 Å². The molecule has 2 rings (SSSR count). The predicted octanol–water partition coefficient (Wildman–Crippen LogP) is 3.33. The van der Waals surface area contributed by atoms with Gasteiger partial charge in [0, 0.05) is 5.92 Å². The molecule has 0 heterocycles. The summed E-state index contributed by atoms with van der Waals surface area (Å²) in [6, 6.07) is 15.7. The first kappa shape index (κ1) is 14.3. The number of ketones is 1. The highest BCUT2D eigenvalue weighted by atomic mass is 16.3. The number of phenols is 1. The molecule has 2 unspecified atom stereocenters. The molecule has 0 bridgehead atoms. The van der Waals surface area contributed by atoms with Crippen molar-refractivity contribution in [1.82, 2.24) is 0 Å². The number of hydrogen-bond donors (Lipinski definition) is 2. The maximum absolute atomic E-state index is 12.3. The number of rotatable bonds is 5. The van der Waals surface area contributed by atoms with Gasteiger partial charge in [-0.05, 0) is 24.1 Å². The van der Waals surface area contributed by atoms with Crippen LogP contribution in [0.1, 0.15) is 35.4 Å². The van der Waals surface area contributed by atoms with Crippen molar-refractivity contribution in [3.05, 3.63) is 65.7 Å². The van der Waals surface area contributed by atoms with Crippen LogP contribution >= 0.6 is 0 Å². The molecular weight excluding hydrogens is 252 g/mol. The summed E-state index contributed by atoms with van der Waals surface area (Å²) in [6.45, 7) is 1.76. The van der Waals surface area contributed by atoms with Crippen LogP contribution in [-0.4, -0.2) is 16.0 Å². The molecule has 104 valence electrons. The van der Waals surface area contributed by atoms with E-state index in [0.29, 0.717) is 12.0 Å². The van der Waals surface area contributed by atoms with Crippen molar-refractivity contribution in [2.75, 3.05) is 0 Å². The van der Waals surface area contributed by atoms with Gasteiger partial charge in [0.05, 0.1) is 11.7 Å². The molecule has 2 aromatic carbocycles. The van der Waals surface area contributed by atoms with Gasteiger partial charge in [0.25, 0.3) is 0 Å². The molecule has 0 aliphatic rings. The summed E-state index contributed by atoms with van der Waals surface area (Å²) in [7, 11) is 0. The van der Waals surface area contributed by atoms with Crippen molar-refractivity contribution in [3.8, 4) is 5.75 Å². The summed E-state index contributed by atoms with van der Waals surface area (Å²) in [5, 5.41) is 19.8. The molecule has 3 heteroatoms. The summed E-state index contributed by atoms with van der Waals surface area (Å²) in [5.74, 6) is -0.532. The minimum atomic E-state index is -0.680. The standard InChI is InChI=1S/C17H18O3/c1-12(11-16(19)13-7-3-2-4-8-13)17(20)14-9-5-6-10-15(14)18/h2-10,12,16,18-19H,11H2,1H3. The second kappa shape index (κ2) is 6.35. The summed E-state index contributed by atoms with van der Waals surface area (Å²) in [5.41, 5.74) is 1.10. The van der Waals surface area contributed by atoms with Crippen LogP contribution in [0.25, 0.3) is 0 Å². The molecule has 0 aliphatic heterocycles. The Balaban J connectivity index is 2.07. The molecule has 2 N–H and O–H groups in total. The van der Waals surface area contributed by atoms with Gasteiger partial charge in [0.2, 0.25) is 0 Å². The molecule has 0 radical (unpaired) electrons. The van der Waals surface area contributed by atoms with E-state index in [4.69, 9.17) is 0 Å². The normalized spacial score (nSPS) is 13.7. The Morgan fingerprint density at radius 1 is 1.05 bits per heavy atom. The van der Waals surface area contributed by atoms with E-state index in [1.165, 1.54) is 6.07 Å². The molecule has 0 saturated carbocycles. The number of aliphatic hydroxyl groups excluding tert-OH is 1. The number of carbonyl (C=O) groups is 1. The van der Waals surface area contributed by atoms with Gasteiger partial charge in [-0.3, -0.25) is 4.79 Å². The number of aliphatic hydroxyl groups is 1. The van der Waals surface area contributed by atoms with Gasteiger partial charge in [-0.2, -0.15) is 0 Å². The minimum absolute atomic E-state index is 0.0152. The number of phenolic OH excluding ortho intramolecular Hbond substituents is 1. The van der Waals surface area contributed by atoms with E-state index in [2.05, 4.69) is 0 Å². The third-order valence-corrected chi connectivity index (χ3v) is 3.38. The van der Waals surface area contributed by atoms with Crippen molar-refractivity contribution in [2.24, 2.45) is 5.92 Å². The smallest absolute Gasteiger partial charge is 0.169 e. The average molecular weight is 270 g/mol. The topological polar surface area (TPSA) is 57.5 Å². The van der Waals surface area contributed by atoms with E-state index in [-0.39, 0.29) is 17.5 Å². The quantitative estimate of drug-likeness (QED) is 0.819. The number of para-hydroxylation sites is 1. The van der Waals surface area contributed by atoms with Crippen molar-refractivity contribution in [1.29, 1.82) is 0 Å². The highest BCUT2D eigenvalue weighted by Gasteiger charge is 2.21. The Morgan fingerprint density at radius 2 is 1.65 bits per heavy atom. The Kier molecular flexibility index (Phi) is 4.53. The molecule has 0 amide bonds. The monoisotopic (exact) mass is 270 g/mol. The number of Topliss-reactive ketones (excluding diaryl/α,β-unsaturated/α-hetero) is 1. The van der Waals surface area contributed by atoms with Crippen LogP contribution in [0.4, 0.5) is 0 Å². The molecule has 0 aliphatic carbocycles. The lowest BCUT2D eigenvalue weighted by atomic mass is 9.91. The summed E-state index contributed by atoms with van der Waals surface area (Å²) in [4.78, 5) is 12.3. The van der Waals surface area contributed by atoms with Crippen molar-refractivity contribution in [2.45, 2.75) is 19.4 Å². The second-order valence-electron chi connectivity index (χ2n) is 4.94. The Hall–Kier alpha value is -2.13. The molecule has 0 saturated heterocycles. The highest BCUT2D eigenvalue weighted by Crippen LogP contribution is 2.26. The molecule has 2 atom stereocenters. The fraction of sp³-hybridized carbons (Fsp3) is 0.235. The third kappa shape index (κ3) is 3.25. The largest absolute Gasteiger partial charge is 0.507 e. The van der Waals surface area contributed by atoms with Crippen LogP contribution in [0.3, 0.4) is 0 Å². The van der Waals surface area contributed by atoms with E-state index >= 15 is 0 Å².